The second-order valence-electron chi connectivity index (χ2n) is 6.14. The molecule has 2 heteroatoms. The van der Waals surface area contributed by atoms with E-state index in [0.717, 1.165) is 18.5 Å². The summed E-state index contributed by atoms with van der Waals surface area (Å²) in [5, 5.41) is 3.07. The zero-order chi connectivity index (χ0) is 14.5. The molecule has 0 radical (unpaired) electrons. The van der Waals surface area contributed by atoms with Gasteiger partial charge >= 0.3 is 0 Å². The summed E-state index contributed by atoms with van der Waals surface area (Å²) in [4.78, 5) is 12.1. The van der Waals surface area contributed by atoms with Crippen molar-refractivity contribution in [3.8, 4) is 0 Å². The van der Waals surface area contributed by atoms with Gasteiger partial charge < -0.3 is 5.32 Å². The molecule has 110 valence electrons. The van der Waals surface area contributed by atoms with Crippen molar-refractivity contribution in [2.24, 2.45) is 0 Å². The molecule has 0 aliphatic carbocycles. The fourth-order valence-electron chi connectivity index (χ4n) is 3.21. The van der Waals surface area contributed by atoms with E-state index in [1.165, 1.54) is 48.8 Å². The number of nitrogens with one attached hydrogen (secondary N) is 1. The predicted molar refractivity (Wildman–Crippen MR) is 85.3 cm³/mol. The zero-order valence-electron chi connectivity index (χ0n) is 13.1. The maximum atomic E-state index is 12.1. The number of anilines is 1. The maximum Gasteiger partial charge on any atom is 0.232 e. The average Bonchev–Trinajstić information content (AvgIpc) is 2.71. The lowest BCUT2D eigenvalue weighted by Gasteiger charge is -2.10. The quantitative estimate of drug-likeness (QED) is 0.689. The van der Waals surface area contributed by atoms with E-state index in [1.54, 1.807) is 0 Å². The third-order valence-corrected chi connectivity index (χ3v) is 4.30. The van der Waals surface area contributed by atoms with Gasteiger partial charge in [-0.05, 0) is 31.4 Å². The molecule has 0 aromatic heterocycles. The van der Waals surface area contributed by atoms with Gasteiger partial charge in [0.1, 0.15) is 0 Å². The zero-order valence-corrected chi connectivity index (χ0v) is 13.1. The van der Waals surface area contributed by atoms with Crippen LogP contribution in [-0.2, 0) is 4.79 Å². The standard InChI is InChI=1S/C18H27NO/c1-4-5-6-7-8-9-10-15-16-12-13(2)11-14(3)17(16)19-18(15)20/h11-12,15H,4-10H2,1-3H3,(H,19,20). The molecule has 20 heavy (non-hydrogen) atoms. The highest BCUT2D eigenvalue weighted by atomic mass is 16.2. The molecule has 1 aromatic carbocycles. The van der Waals surface area contributed by atoms with Crippen LogP contribution < -0.4 is 5.32 Å². The molecule has 1 atom stereocenters. The summed E-state index contributed by atoms with van der Waals surface area (Å²) in [7, 11) is 0. The summed E-state index contributed by atoms with van der Waals surface area (Å²) < 4.78 is 0. The van der Waals surface area contributed by atoms with E-state index in [2.05, 4.69) is 38.2 Å². The van der Waals surface area contributed by atoms with Gasteiger partial charge in [-0.1, -0.05) is 63.1 Å². The topological polar surface area (TPSA) is 29.1 Å². The van der Waals surface area contributed by atoms with Gasteiger partial charge in [-0.25, -0.2) is 0 Å². The smallest absolute Gasteiger partial charge is 0.232 e. The van der Waals surface area contributed by atoms with Gasteiger partial charge in [0, 0.05) is 5.69 Å². The summed E-state index contributed by atoms with van der Waals surface area (Å²) in [5.74, 6) is 0.275. The van der Waals surface area contributed by atoms with Gasteiger partial charge in [-0.15, -0.1) is 0 Å². The number of amides is 1. The lowest BCUT2D eigenvalue weighted by Crippen LogP contribution is -2.12. The highest BCUT2D eigenvalue weighted by Gasteiger charge is 2.30. The average molecular weight is 273 g/mol. The Morgan fingerprint density at radius 3 is 2.50 bits per heavy atom. The van der Waals surface area contributed by atoms with Crippen LogP contribution in [0.3, 0.4) is 0 Å². The van der Waals surface area contributed by atoms with Crippen LogP contribution in [0.25, 0.3) is 0 Å². The highest BCUT2D eigenvalue weighted by Crippen LogP contribution is 2.38. The molecule has 1 aliphatic rings. The number of aryl methyl sites for hydroxylation is 2. The molecule has 1 heterocycles. The van der Waals surface area contributed by atoms with Gasteiger partial charge in [-0.3, -0.25) is 4.79 Å². The summed E-state index contributed by atoms with van der Waals surface area (Å²) >= 11 is 0. The minimum atomic E-state index is 0.0785. The number of rotatable bonds is 7. The van der Waals surface area contributed by atoms with Gasteiger partial charge in [0.05, 0.1) is 5.92 Å². The van der Waals surface area contributed by atoms with Crippen molar-refractivity contribution in [1.82, 2.24) is 0 Å². The SMILES string of the molecule is CCCCCCCCC1C(=O)Nc2c(C)cc(C)cc21. The number of unbranched alkanes of at least 4 members (excludes halogenated alkanes) is 5. The van der Waals surface area contributed by atoms with Crippen LogP contribution in [0.2, 0.25) is 0 Å². The first-order valence-corrected chi connectivity index (χ1v) is 8.05. The van der Waals surface area contributed by atoms with Crippen molar-refractivity contribution < 1.29 is 4.79 Å². The number of benzene rings is 1. The summed E-state index contributed by atoms with van der Waals surface area (Å²) in [6, 6.07) is 4.33. The van der Waals surface area contributed by atoms with E-state index >= 15 is 0 Å². The van der Waals surface area contributed by atoms with E-state index in [0.29, 0.717) is 0 Å². The fraction of sp³-hybridized carbons (Fsp3) is 0.611. The Bertz CT molecular complexity index is 479. The molecule has 2 rings (SSSR count). The Kier molecular flexibility index (Phi) is 5.22. The Hall–Kier alpha value is -1.31. The Balaban J connectivity index is 1.92. The van der Waals surface area contributed by atoms with E-state index in [4.69, 9.17) is 0 Å². The van der Waals surface area contributed by atoms with Crippen molar-refractivity contribution in [3.63, 3.8) is 0 Å². The second-order valence-corrected chi connectivity index (χ2v) is 6.14. The van der Waals surface area contributed by atoms with Crippen LogP contribution in [0.4, 0.5) is 5.69 Å². The molecule has 2 nitrogen and oxygen atoms in total. The number of carbonyl (C=O) groups excluding carboxylic acids is 1. The van der Waals surface area contributed by atoms with Crippen molar-refractivity contribution >= 4 is 11.6 Å². The molecule has 0 fully saturated rings. The molecular weight excluding hydrogens is 246 g/mol. The van der Waals surface area contributed by atoms with Gasteiger partial charge in [-0.2, -0.15) is 0 Å². The largest absolute Gasteiger partial charge is 0.325 e. The molecule has 0 saturated carbocycles. The normalized spacial score (nSPS) is 17.1. The molecule has 0 spiro atoms. The molecule has 1 aromatic rings. The highest BCUT2D eigenvalue weighted by molar-refractivity contribution is 6.03. The number of hydrogen-bond acceptors (Lipinski definition) is 1. The molecule has 1 unspecified atom stereocenters. The summed E-state index contributed by atoms with van der Waals surface area (Å²) in [5.41, 5.74) is 4.74. The van der Waals surface area contributed by atoms with Crippen molar-refractivity contribution in [2.45, 2.75) is 71.6 Å². The van der Waals surface area contributed by atoms with Crippen LogP contribution in [0.5, 0.6) is 0 Å². The van der Waals surface area contributed by atoms with Crippen LogP contribution in [0, 0.1) is 13.8 Å². The van der Waals surface area contributed by atoms with E-state index in [9.17, 15) is 4.79 Å². The Labute approximate surface area is 123 Å². The van der Waals surface area contributed by atoms with Crippen molar-refractivity contribution in [2.75, 3.05) is 5.32 Å². The van der Waals surface area contributed by atoms with Crippen LogP contribution in [0.1, 0.15) is 74.5 Å². The number of hydrogen-bond donors (Lipinski definition) is 1. The molecule has 1 N–H and O–H groups in total. The van der Waals surface area contributed by atoms with E-state index < -0.39 is 0 Å². The third kappa shape index (κ3) is 3.41. The molecule has 1 amide bonds. The van der Waals surface area contributed by atoms with Crippen molar-refractivity contribution in [3.05, 3.63) is 28.8 Å². The summed E-state index contributed by atoms with van der Waals surface area (Å²) in [6.45, 7) is 6.43. The first kappa shape index (κ1) is 15.1. The molecule has 0 bridgehead atoms. The number of carbonyl (C=O) groups is 1. The van der Waals surface area contributed by atoms with Gasteiger partial charge in [0.15, 0.2) is 0 Å². The second kappa shape index (κ2) is 6.92. The minimum absolute atomic E-state index is 0.0785. The minimum Gasteiger partial charge on any atom is -0.325 e. The van der Waals surface area contributed by atoms with Gasteiger partial charge in [0.2, 0.25) is 5.91 Å². The Morgan fingerprint density at radius 1 is 1.05 bits per heavy atom. The van der Waals surface area contributed by atoms with Crippen molar-refractivity contribution in [1.29, 1.82) is 0 Å². The lowest BCUT2D eigenvalue weighted by molar-refractivity contribution is -0.117. The number of fused-ring (bicyclic) bond motifs is 1. The Morgan fingerprint density at radius 2 is 1.75 bits per heavy atom. The van der Waals surface area contributed by atoms with Crippen LogP contribution in [0.15, 0.2) is 12.1 Å². The first-order chi connectivity index (χ1) is 9.63. The summed E-state index contributed by atoms with van der Waals surface area (Å²) in [6.07, 6.45) is 8.68. The van der Waals surface area contributed by atoms with Gasteiger partial charge in [0.25, 0.3) is 0 Å². The third-order valence-electron chi connectivity index (χ3n) is 4.30. The molecule has 0 saturated heterocycles. The molecular formula is C18H27NO. The first-order valence-electron chi connectivity index (χ1n) is 8.05. The predicted octanol–water partition coefficient (Wildman–Crippen LogP) is 5.09. The van der Waals surface area contributed by atoms with E-state index in [-0.39, 0.29) is 11.8 Å². The molecule has 1 aliphatic heterocycles. The maximum absolute atomic E-state index is 12.1. The van der Waals surface area contributed by atoms with Crippen LogP contribution >= 0.6 is 0 Å². The lowest BCUT2D eigenvalue weighted by atomic mass is 9.92. The fourth-order valence-corrected chi connectivity index (χ4v) is 3.21. The van der Waals surface area contributed by atoms with Crippen LogP contribution in [-0.4, -0.2) is 5.91 Å². The van der Waals surface area contributed by atoms with E-state index in [1.807, 2.05) is 0 Å². The monoisotopic (exact) mass is 273 g/mol.